The first-order valence-electron chi connectivity index (χ1n) is 21.4. The summed E-state index contributed by atoms with van der Waals surface area (Å²) in [5.41, 5.74) is 4.46. The van der Waals surface area contributed by atoms with Crippen molar-refractivity contribution in [3.05, 3.63) is 143 Å². The molecule has 0 fully saturated rings. The van der Waals surface area contributed by atoms with Crippen molar-refractivity contribution in [3.8, 4) is 0 Å². The van der Waals surface area contributed by atoms with Crippen molar-refractivity contribution in [1.82, 2.24) is 9.80 Å². The SMILES string of the molecule is CN(C)Cc1ccc(S(C)(=O)=O)cc1Br.CN(Cc1ccc(S(C)(=O)=O)cc1Br)C(=O)OC(C)(C)C.CS(=O)(=O)c1ccc(CBr)c(Br)c1.Cc1ccc(S(C)(=O)=O)cc1.Cc1ccc(S(C)(=O)=O)cc1Br.[B]=NS. The van der Waals surface area contributed by atoms with Gasteiger partial charge in [0.25, 0.3) is 0 Å². The second-order valence-corrected chi connectivity index (χ2v) is 32.0. The van der Waals surface area contributed by atoms with Crippen LogP contribution in [0.25, 0.3) is 0 Å². The summed E-state index contributed by atoms with van der Waals surface area (Å²) >= 11 is 19.8. The average molecular weight is 1480 g/mol. The third kappa shape index (κ3) is 29.5. The number of carbonyl (C=O) groups is 1. The number of hydrogen-bond donors (Lipinski definition) is 1. The molecule has 415 valence electrons. The number of hydrogen-bond acceptors (Lipinski definition) is 15. The molecule has 0 bridgehead atoms. The molecular formula is C48H62BBr5N3O12S6. The first-order valence-corrected chi connectivity index (χ1v) is 35.5. The van der Waals surface area contributed by atoms with E-state index in [1.807, 2.05) is 38.9 Å². The van der Waals surface area contributed by atoms with Crippen LogP contribution in [-0.2, 0) is 72.3 Å². The van der Waals surface area contributed by atoms with Gasteiger partial charge in [0.2, 0.25) is 0 Å². The molecule has 0 aliphatic heterocycles. The van der Waals surface area contributed by atoms with Crippen LogP contribution in [0.5, 0.6) is 0 Å². The fourth-order valence-electron chi connectivity index (χ4n) is 5.23. The van der Waals surface area contributed by atoms with Crippen LogP contribution < -0.4 is 0 Å². The van der Waals surface area contributed by atoms with E-state index in [1.54, 1.807) is 107 Å². The van der Waals surface area contributed by atoms with Crippen molar-refractivity contribution < 1.29 is 51.6 Å². The number of alkyl halides is 1. The Morgan fingerprint density at radius 1 is 0.533 bits per heavy atom. The van der Waals surface area contributed by atoms with E-state index < -0.39 is 60.9 Å². The number of aryl methyl sites for hydroxylation is 2. The second kappa shape index (κ2) is 32.1. The zero-order chi connectivity index (χ0) is 58.7. The summed E-state index contributed by atoms with van der Waals surface area (Å²) in [5, 5.41) is 0.706. The summed E-state index contributed by atoms with van der Waals surface area (Å²) in [6.07, 6.45) is 5.54. The molecule has 27 heteroatoms. The van der Waals surface area contributed by atoms with Crippen LogP contribution in [-0.4, -0.2) is 124 Å². The number of sulfone groups is 5. The monoisotopic (exact) mass is 1470 g/mol. The van der Waals surface area contributed by atoms with Gasteiger partial charge >= 0.3 is 30.8 Å². The zero-order valence-corrected chi connectivity index (χ0v) is 56.5. The van der Waals surface area contributed by atoms with E-state index in [0.29, 0.717) is 35.9 Å². The van der Waals surface area contributed by atoms with Crippen molar-refractivity contribution in [2.75, 3.05) is 52.4 Å². The molecule has 15 nitrogen and oxygen atoms in total. The van der Waals surface area contributed by atoms with Gasteiger partial charge in [0.1, 0.15) is 5.60 Å². The van der Waals surface area contributed by atoms with Gasteiger partial charge in [-0.05, 0) is 132 Å². The Morgan fingerprint density at radius 3 is 1.11 bits per heavy atom. The second-order valence-electron chi connectivity index (χ2n) is 17.7. The van der Waals surface area contributed by atoms with Gasteiger partial charge in [-0.2, -0.15) is 0 Å². The maximum absolute atomic E-state index is 11.9. The van der Waals surface area contributed by atoms with Gasteiger partial charge in [-0.15, -0.1) is 0 Å². The minimum atomic E-state index is -3.25. The predicted molar refractivity (Wildman–Crippen MR) is 323 cm³/mol. The number of thiol groups is 1. The predicted octanol–water partition coefficient (Wildman–Crippen LogP) is 11.6. The molecule has 0 aromatic heterocycles. The maximum atomic E-state index is 11.9. The Hall–Kier alpha value is -2.31. The Bertz CT molecular complexity index is 3310. The van der Waals surface area contributed by atoms with E-state index in [0.717, 1.165) is 54.0 Å². The molecular weight excluding hydrogens is 1410 g/mol. The molecule has 0 aliphatic carbocycles. The summed E-state index contributed by atoms with van der Waals surface area (Å²) < 4.78 is 123. The van der Waals surface area contributed by atoms with Crippen LogP contribution in [0.2, 0.25) is 0 Å². The topological polar surface area (TPSA) is 216 Å². The van der Waals surface area contributed by atoms with Gasteiger partial charge in [-0.3, -0.25) is 0 Å². The Kier molecular flexibility index (Phi) is 31.1. The molecule has 0 saturated heterocycles. The van der Waals surface area contributed by atoms with Gasteiger partial charge in [0.15, 0.2) is 49.2 Å². The Balaban J connectivity index is 0.000000917. The number of nitrogens with zero attached hydrogens (tertiary/aromatic N) is 3. The molecule has 5 aromatic carbocycles. The molecule has 1 amide bonds. The first-order chi connectivity index (χ1) is 34.0. The Labute approximate surface area is 494 Å². The van der Waals surface area contributed by atoms with Crippen LogP contribution in [0.15, 0.2) is 144 Å². The molecule has 0 atom stereocenters. The molecule has 0 N–H and O–H groups in total. The number of carbonyl (C=O) groups excluding carboxylic acids is 1. The van der Waals surface area contributed by atoms with E-state index in [1.165, 1.54) is 42.1 Å². The number of benzene rings is 5. The fraction of sp³-hybridized carbons (Fsp3) is 0.354. The van der Waals surface area contributed by atoms with Gasteiger partial charge in [0, 0.05) is 74.6 Å². The average Bonchev–Trinajstić information content (AvgIpc) is 3.25. The Morgan fingerprint density at radius 2 is 0.827 bits per heavy atom. The van der Waals surface area contributed by atoms with Gasteiger partial charge in [-0.25, -0.2) is 46.9 Å². The molecule has 0 saturated carbocycles. The number of amides is 1. The quantitative estimate of drug-likeness (QED) is 0.0783. The van der Waals surface area contributed by atoms with Crippen molar-refractivity contribution in [3.63, 3.8) is 0 Å². The standard InChI is InChI=1S/C14H20BrNO4S.C10H14BrNO2S.C8H8Br2O2S.C8H9BrO2S.C8H10O2S.BHNS/c1-14(2,3)20-13(17)16(4)9-10-6-7-11(8-12(10)15)21(5,18)19;1-12(2)7-8-4-5-9(6-10(8)11)15(3,13)14;1-13(11,12)7-3-2-6(5-9)8(10)4-7;1-6-3-4-7(5-8(6)9)12(2,10)11;1-7-3-5-8(6-4-7)11(2,9)10;1-2-3/h6-8H,9H2,1-5H3;4-6H,7H2,1-3H3;2-4H,5H2,1H3;3-5H,1-2H3;3-6H,1-2H3;3H. The van der Waals surface area contributed by atoms with Crippen molar-refractivity contribution in [2.24, 2.45) is 4.30 Å². The van der Waals surface area contributed by atoms with E-state index in [2.05, 4.69) is 104 Å². The van der Waals surface area contributed by atoms with Crippen LogP contribution >= 0.6 is 92.5 Å². The number of halogens is 5. The molecule has 0 heterocycles. The number of rotatable bonds is 10. The zero-order valence-electron chi connectivity index (χ0n) is 43.6. The van der Waals surface area contributed by atoms with E-state index in [9.17, 15) is 46.9 Å². The molecule has 0 spiro atoms. The van der Waals surface area contributed by atoms with Crippen LogP contribution in [0.1, 0.15) is 48.6 Å². The van der Waals surface area contributed by atoms with Crippen LogP contribution in [0.3, 0.4) is 0 Å². The third-order valence-corrected chi connectivity index (χ3v) is 18.4. The van der Waals surface area contributed by atoms with E-state index >= 15 is 0 Å². The van der Waals surface area contributed by atoms with Gasteiger partial charge in [0.05, 0.1) is 24.5 Å². The van der Waals surface area contributed by atoms with Gasteiger partial charge < -0.3 is 14.5 Å². The fourth-order valence-corrected chi connectivity index (χ4v) is 11.8. The molecule has 5 rings (SSSR count). The first kappa shape index (κ1) is 72.7. The summed E-state index contributed by atoms with van der Waals surface area (Å²) in [4.78, 5) is 17.0. The normalized spacial score (nSPS) is 11.5. The number of ether oxygens (including phenoxy) is 1. The van der Waals surface area contributed by atoms with Crippen LogP contribution in [0, 0.1) is 13.8 Å². The van der Waals surface area contributed by atoms with Gasteiger partial charge in [-0.1, -0.05) is 122 Å². The molecule has 1 radical (unpaired) electrons. The summed E-state index contributed by atoms with van der Waals surface area (Å²) in [5.74, 6) is 0. The molecule has 5 aromatic rings. The van der Waals surface area contributed by atoms with Crippen molar-refractivity contribution >= 4 is 155 Å². The van der Waals surface area contributed by atoms with Crippen molar-refractivity contribution in [2.45, 2.75) is 83.1 Å². The minimum absolute atomic E-state index is 0.234. The summed E-state index contributed by atoms with van der Waals surface area (Å²) in [7, 11) is -5.64. The molecule has 0 aliphatic rings. The molecule has 0 unspecified atom stereocenters. The van der Waals surface area contributed by atoms with Crippen LogP contribution in [0.4, 0.5) is 4.79 Å². The summed E-state index contributed by atoms with van der Waals surface area (Å²) in [6.45, 7) is 10.3. The third-order valence-electron chi connectivity index (χ3n) is 9.12. The van der Waals surface area contributed by atoms with Crippen molar-refractivity contribution in [1.29, 1.82) is 0 Å². The van der Waals surface area contributed by atoms with E-state index in [-0.39, 0.29) is 4.90 Å². The molecule has 75 heavy (non-hydrogen) atoms. The van der Waals surface area contributed by atoms with E-state index in [4.69, 9.17) is 4.74 Å². The summed E-state index contributed by atoms with van der Waals surface area (Å²) in [6, 6.07) is 26.7.